The molecular formula is C10H15NO3. The topological polar surface area (TPSA) is 65.5 Å². The van der Waals surface area contributed by atoms with Crippen molar-refractivity contribution in [1.29, 1.82) is 0 Å². The Bertz CT molecular complexity index is 341. The normalized spacial score (nSPS) is 10.2. The van der Waals surface area contributed by atoms with Crippen LogP contribution in [0, 0.1) is 0 Å². The summed E-state index contributed by atoms with van der Waals surface area (Å²) in [6.07, 6.45) is 1.32. The van der Waals surface area contributed by atoms with Crippen LogP contribution in [0.1, 0.15) is 35.7 Å². The Morgan fingerprint density at radius 1 is 1.36 bits per heavy atom. The van der Waals surface area contributed by atoms with Crippen LogP contribution in [0.4, 0.5) is 0 Å². The van der Waals surface area contributed by atoms with Gasteiger partial charge in [-0.05, 0) is 0 Å². The molecule has 0 spiro atoms. The van der Waals surface area contributed by atoms with Crippen LogP contribution < -0.4 is 10.5 Å². The van der Waals surface area contributed by atoms with Gasteiger partial charge in [0.25, 0.3) is 5.91 Å². The first-order valence-electron chi connectivity index (χ1n) is 4.63. The molecule has 1 aromatic heterocycles. The van der Waals surface area contributed by atoms with Gasteiger partial charge in [0.05, 0.1) is 7.11 Å². The van der Waals surface area contributed by atoms with E-state index in [1.54, 1.807) is 0 Å². The Morgan fingerprint density at radius 3 is 2.29 bits per heavy atom. The third kappa shape index (κ3) is 1.60. The van der Waals surface area contributed by atoms with E-state index in [0.29, 0.717) is 35.7 Å². The minimum atomic E-state index is -0.498. The van der Waals surface area contributed by atoms with E-state index in [2.05, 4.69) is 0 Å². The van der Waals surface area contributed by atoms with E-state index in [0.717, 1.165) is 0 Å². The summed E-state index contributed by atoms with van der Waals surface area (Å²) in [4.78, 5) is 11.2. The van der Waals surface area contributed by atoms with Gasteiger partial charge in [0, 0.05) is 12.8 Å². The van der Waals surface area contributed by atoms with Crippen LogP contribution in [0.3, 0.4) is 0 Å². The van der Waals surface area contributed by atoms with Crippen molar-refractivity contribution in [3.8, 4) is 5.75 Å². The van der Waals surface area contributed by atoms with Crippen LogP contribution in [0.25, 0.3) is 0 Å². The van der Waals surface area contributed by atoms with Crippen molar-refractivity contribution in [2.24, 2.45) is 5.73 Å². The number of hydrogen-bond donors (Lipinski definition) is 1. The quantitative estimate of drug-likeness (QED) is 0.795. The van der Waals surface area contributed by atoms with E-state index < -0.39 is 5.91 Å². The second kappa shape index (κ2) is 4.17. The fourth-order valence-corrected chi connectivity index (χ4v) is 1.46. The Morgan fingerprint density at radius 2 is 1.93 bits per heavy atom. The van der Waals surface area contributed by atoms with Crippen molar-refractivity contribution in [2.45, 2.75) is 26.7 Å². The summed E-state index contributed by atoms with van der Waals surface area (Å²) in [5, 5.41) is 0. The van der Waals surface area contributed by atoms with Gasteiger partial charge in [0.2, 0.25) is 0 Å². The molecular weight excluding hydrogens is 182 g/mol. The highest BCUT2D eigenvalue weighted by Crippen LogP contribution is 2.30. The van der Waals surface area contributed by atoms with E-state index >= 15 is 0 Å². The fraction of sp³-hybridized carbons (Fsp3) is 0.500. The van der Waals surface area contributed by atoms with E-state index in [4.69, 9.17) is 14.9 Å². The summed E-state index contributed by atoms with van der Waals surface area (Å²) in [7, 11) is 1.51. The lowest BCUT2D eigenvalue weighted by Crippen LogP contribution is -2.13. The summed E-state index contributed by atoms with van der Waals surface area (Å²) in [5.41, 5.74) is 5.64. The average molecular weight is 197 g/mol. The molecule has 1 aromatic rings. The fourth-order valence-electron chi connectivity index (χ4n) is 1.46. The molecule has 4 heteroatoms. The summed E-state index contributed by atoms with van der Waals surface area (Å²) in [5.74, 6) is 1.27. The highest BCUT2D eigenvalue weighted by molar-refractivity contribution is 5.97. The number of methoxy groups -OCH3 is 1. The molecule has 1 rings (SSSR count). The number of hydrogen-bond acceptors (Lipinski definition) is 3. The van der Waals surface area contributed by atoms with Crippen LogP contribution in [-0.4, -0.2) is 13.0 Å². The van der Waals surface area contributed by atoms with Gasteiger partial charge in [-0.1, -0.05) is 13.8 Å². The summed E-state index contributed by atoms with van der Waals surface area (Å²) in [6.45, 7) is 3.84. The number of primary amides is 1. The molecule has 1 amide bonds. The highest BCUT2D eigenvalue weighted by atomic mass is 16.5. The smallest absolute Gasteiger partial charge is 0.256 e. The van der Waals surface area contributed by atoms with Gasteiger partial charge < -0.3 is 14.9 Å². The number of nitrogens with two attached hydrogens (primary N) is 1. The zero-order chi connectivity index (χ0) is 10.7. The lowest BCUT2D eigenvalue weighted by molar-refractivity contribution is 0.0996. The van der Waals surface area contributed by atoms with Gasteiger partial charge >= 0.3 is 0 Å². The molecule has 0 fully saturated rings. The Labute approximate surface area is 83.0 Å². The van der Waals surface area contributed by atoms with Crippen LogP contribution in [0.15, 0.2) is 4.42 Å². The molecule has 0 aliphatic rings. The van der Waals surface area contributed by atoms with Crippen molar-refractivity contribution in [2.75, 3.05) is 7.11 Å². The van der Waals surface area contributed by atoms with Gasteiger partial charge in [-0.2, -0.15) is 0 Å². The van der Waals surface area contributed by atoms with Gasteiger partial charge in [0.15, 0.2) is 5.75 Å². The lowest BCUT2D eigenvalue weighted by Gasteiger charge is -1.99. The minimum absolute atomic E-state index is 0.381. The maximum Gasteiger partial charge on any atom is 0.256 e. The summed E-state index contributed by atoms with van der Waals surface area (Å²) in [6, 6.07) is 0. The van der Waals surface area contributed by atoms with Crippen LogP contribution in [0.2, 0.25) is 0 Å². The van der Waals surface area contributed by atoms with Gasteiger partial charge in [-0.3, -0.25) is 4.79 Å². The molecule has 0 bridgehead atoms. The predicted molar refractivity (Wildman–Crippen MR) is 52.5 cm³/mol. The number of amides is 1. The van der Waals surface area contributed by atoms with E-state index in [1.807, 2.05) is 13.8 Å². The number of ether oxygens (including phenoxy) is 1. The maximum atomic E-state index is 11.2. The maximum absolute atomic E-state index is 11.2. The van der Waals surface area contributed by atoms with E-state index in [-0.39, 0.29) is 0 Å². The summed E-state index contributed by atoms with van der Waals surface area (Å²) < 4.78 is 10.6. The van der Waals surface area contributed by atoms with E-state index in [1.165, 1.54) is 7.11 Å². The lowest BCUT2D eigenvalue weighted by atomic mass is 10.1. The molecule has 0 unspecified atom stereocenters. The van der Waals surface area contributed by atoms with E-state index in [9.17, 15) is 4.79 Å². The zero-order valence-electron chi connectivity index (χ0n) is 8.72. The minimum Gasteiger partial charge on any atom is -0.492 e. The van der Waals surface area contributed by atoms with Crippen molar-refractivity contribution in [1.82, 2.24) is 0 Å². The van der Waals surface area contributed by atoms with Crippen LogP contribution in [0.5, 0.6) is 5.75 Å². The SMILES string of the molecule is CCc1oc(CC)c(C(N)=O)c1OC. The Kier molecular flexibility index (Phi) is 3.17. The molecule has 0 atom stereocenters. The average Bonchev–Trinajstić information content (AvgIpc) is 2.54. The zero-order valence-corrected chi connectivity index (χ0v) is 8.72. The summed E-state index contributed by atoms with van der Waals surface area (Å²) >= 11 is 0. The second-order valence-corrected chi connectivity index (χ2v) is 2.93. The molecule has 78 valence electrons. The standard InChI is InChI=1S/C10H15NO3/c1-4-6-8(10(11)12)9(13-3)7(5-2)14-6/h4-5H2,1-3H3,(H2,11,12). The molecule has 14 heavy (non-hydrogen) atoms. The number of aryl methyl sites for hydroxylation is 2. The number of carbonyl (C=O) groups excluding carboxylic acids is 1. The van der Waals surface area contributed by atoms with Crippen LogP contribution in [-0.2, 0) is 12.8 Å². The first-order valence-corrected chi connectivity index (χ1v) is 4.63. The molecule has 0 radical (unpaired) electrons. The third-order valence-electron chi connectivity index (χ3n) is 2.10. The Balaban J connectivity index is 3.33. The highest BCUT2D eigenvalue weighted by Gasteiger charge is 2.22. The molecule has 4 nitrogen and oxygen atoms in total. The molecule has 1 heterocycles. The third-order valence-corrected chi connectivity index (χ3v) is 2.10. The first-order chi connectivity index (χ1) is 6.65. The molecule has 0 saturated carbocycles. The predicted octanol–water partition coefficient (Wildman–Crippen LogP) is 1.51. The number of rotatable bonds is 4. The number of carbonyl (C=O) groups is 1. The molecule has 0 aliphatic carbocycles. The molecule has 0 saturated heterocycles. The molecule has 2 N–H and O–H groups in total. The largest absolute Gasteiger partial charge is 0.492 e. The second-order valence-electron chi connectivity index (χ2n) is 2.93. The van der Waals surface area contributed by atoms with Gasteiger partial charge in [0.1, 0.15) is 17.1 Å². The van der Waals surface area contributed by atoms with Crippen molar-refractivity contribution in [3.63, 3.8) is 0 Å². The van der Waals surface area contributed by atoms with Crippen LogP contribution >= 0.6 is 0 Å². The number of furan rings is 1. The first kappa shape index (κ1) is 10.6. The van der Waals surface area contributed by atoms with Gasteiger partial charge in [-0.25, -0.2) is 0 Å². The monoisotopic (exact) mass is 197 g/mol. The molecule has 0 aromatic carbocycles. The van der Waals surface area contributed by atoms with Crippen molar-refractivity contribution >= 4 is 5.91 Å². The molecule has 0 aliphatic heterocycles. The van der Waals surface area contributed by atoms with Crippen molar-refractivity contribution in [3.05, 3.63) is 17.1 Å². The Hall–Kier alpha value is -1.45. The van der Waals surface area contributed by atoms with Gasteiger partial charge in [-0.15, -0.1) is 0 Å². The van der Waals surface area contributed by atoms with Crippen molar-refractivity contribution < 1.29 is 13.9 Å².